The summed E-state index contributed by atoms with van der Waals surface area (Å²) in [6.45, 7) is 4.26. The summed E-state index contributed by atoms with van der Waals surface area (Å²) in [7, 11) is 0. The quantitative estimate of drug-likeness (QED) is 0.936. The molecule has 3 heteroatoms. The predicted octanol–water partition coefficient (Wildman–Crippen LogP) is 3.46. The van der Waals surface area contributed by atoms with Crippen molar-refractivity contribution in [3.63, 3.8) is 0 Å². The zero-order valence-electron chi connectivity index (χ0n) is 12.5. The molecule has 1 N–H and O–H groups in total. The van der Waals surface area contributed by atoms with E-state index in [4.69, 9.17) is 0 Å². The van der Waals surface area contributed by atoms with Gasteiger partial charge in [0.1, 0.15) is 11.9 Å². The van der Waals surface area contributed by atoms with Crippen LogP contribution in [0.1, 0.15) is 42.1 Å². The molecule has 1 fully saturated rings. The summed E-state index contributed by atoms with van der Waals surface area (Å²) in [6.07, 6.45) is 5.02. The molecule has 3 nitrogen and oxygen atoms in total. The van der Waals surface area contributed by atoms with Crippen molar-refractivity contribution in [3.05, 3.63) is 59.3 Å². The largest absolute Gasteiger partial charge is 0.384 e. The van der Waals surface area contributed by atoms with Gasteiger partial charge in [-0.05, 0) is 43.4 Å². The lowest BCUT2D eigenvalue weighted by atomic mass is 10.0. The van der Waals surface area contributed by atoms with Crippen molar-refractivity contribution in [3.8, 4) is 0 Å². The minimum Gasteiger partial charge on any atom is -0.384 e. The Morgan fingerprint density at radius 2 is 1.76 bits per heavy atom. The molecule has 0 saturated carbocycles. The van der Waals surface area contributed by atoms with Crippen molar-refractivity contribution >= 4 is 5.82 Å². The lowest BCUT2D eigenvalue weighted by Gasteiger charge is -2.29. The molecule has 1 aliphatic rings. The molecule has 1 aromatic carbocycles. The number of hydrogen-bond acceptors (Lipinski definition) is 3. The summed E-state index contributed by atoms with van der Waals surface area (Å²) in [5.41, 5.74) is 2.91. The third-order valence-corrected chi connectivity index (χ3v) is 4.16. The van der Waals surface area contributed by atoms with E-state index in [1.54, 1.807) is 0 Å². The fraction of sp³-hybridized carbons (Fsp3) is 0.389. The number of aromatic nitrogens is 1. The molecule has 3 rings (SSSR count). The van der Waals surface area contributed by atoms with Crippen LogP contribution in [-0.4, -0.2) is 23.2 Å². The molecule has 0 unspecified atom stereocenters. The zero-order chi connectivity index (χ0) is 14.7. The minimum absolute atomic E-state index is 0.604. The normalized spacial score (nSPS) is 16.8. The van der Waals surface area contributed by atoms with E-state index in [9.17, 15) is 5.11 Å². The lowest BCUT2D eigenvalue weighted by Crippen LogP contribution is -2.30. The van der Waals surface area contributed by atoms with Gasteiger partial charge in [0.15, 0.2) is 0 Å². The molecule has 0 aliphatic carbocycles. The van der Waals surface area contributed by atoms with Crippen LogP contribution in [0.15, 0.2) is 42.6 Å². The SMILES string of the molecule is Cc1cc([C@@H](O)c2ccccc2)cnc1N1CCCCC1. The van der Waals surface area contributed by atoms with Gasteiger partial charge >= 0.3 is 0 Å². The Morgan fingerprint density at radius 3 is 2.43 bits per heavy atom. The third-order valence-electron chi connectivity index (χ3n) is 4.16. The van der Waals surface area contributed by atoms with E-state index in [0.717, 1.165) is 35.6 Å². The highest BCUT2D eigenvalue weighted by Gasteiger charge is 2.17. The van der Waals surface area contributed by atoms with E-state index in [2.05, 4.69) is 22.9 Å². The molecule has 0 spiro atoms. The molecule has 0 bridgehead atoms. The Balaban J connectivity index is 1.83. The van der Waals surface area contributed by atoms with Gasteiger partial charge in [0, 0.05) is 24.8 Å². The zero-order valence-corrected chi connectivity index (χ0v) is 12.5. The van der Waals surface area contributed by atoms with Crippen LogP contribution in [0.4, 0.5) is 5.82 Å². The summed E-state index contributed by atoms with van der Waals surface area (Å²) >= 11 is 0. The van der Waals surface area contributed by atoms with Gasteiger partial charge in [0.2, 0.25) is 0 Å². The number of benzene rings is 1. The second-order valence-electron chi connectivity index (χ2n) is 5.77. The van der Waals surface area contributed by atoms with Crippen LogP contribution >= 0.6 is 0 Å². The van der Waals surface area contributed by atoms with E-state index >= 15 is 0 Å². The molecule has 2 heterocycles. The highest BCUT2D eigenvalue weighted by atomic mass is 16.3. The van der Waals surface area contributed by atoms with Gasteiger partial charge in [-0.25, -0.2) is 4.98 Å². The van der Waals surface area contributed by atoms with Gasteiger partial charge in [-0.2, -0.15) is 0 Å². The molecule has 1 saturated heterocycles. The number of pyridine rings is 1. The van der Waals surface area contributed by atoms with Crippen LogP contribution in [-0.2, 0) is 0 Å². The van der Waals surface area contributed by atoms with Gasteiger partial charge < -0.3 is 10.0 Å². The van der Waals surface area contributed by atoms with E-state index in [-0.39, 0.29) is 0 Å². The van der Waals surface area contributed by atoms with E-state index in [1.165, 1.54) is 19.3 Å². The number of aryl methyl sites for hydroxylation is 1. The number of hydrogen-bond donors (Lipinski definition) is 1. The summed E-state index contributed by atoms with van der Waals surface area (Å²) in [5.74, 6) is 1.07. The number of nitrogens with zero attached hydrogens (tertiary/aromatic N) is 2. The molecule has 21 heavy (non-hydrogen) atoms. The Hall–Kier alpha value is -1.87. The third kappa shape index (κ3) is 3.08. The van der Waals surface area contributed by atoms with Crippen LogP contribution in [0.5, 0.6) is 0 Å². The highest BCUT2D eigenvalue weighted by molar-refractivity contribution is 5.48. The van der Waals surface area contributed by atoms with Crippen molar-refractivity contribution in [1.29, 1.82) is 0 Å². The molecular weight excluding hydrogens is 260 g/mol. The topological polar surface area (TPSA) is 36.4 Å². The van der Waals surface area contributed by atoms with Crippen molar-refractivity contribution in [2.24, 2.45) is 0 Å². The van der Waals surface area contributed by atoms with E-state index < -0.39 is 6.10 Å². The van der Waals surface area contributed by atoms with Crippen LogP contribution < -0.4 is 4.90 Å². The second-order valence-corrected chi connectivity index (χ2v) is 5.77. The average Bonchev–Trinajstić information content (AvgIpc) is 2.55. The second kappa shape index (κ2) is 6.27. The summed E-state index contributed by atoms with van der Waals surface area (Å²) in [4.78, 5) is 6.97. The highest BCUT2D eigenvalue weighted by Crippen LogP contribution is 2.26. The molecule has 1 aromatic heterocycles. The van der Waals surface area contributed by atoms with Gasteiger partial charge in [0.25, 0.3) is 0 Å². The number of anilines is 1. The Kier molecular flexibility index (Phi) is 4.20. The molecule has 1 aliphatic heterocycles. The van der Waals surface area contributed by atoms with E-state index in [0.29, 0.717) is 0 Å². The van der Waals surface area contributed by atoms with E-state index in [1.807, 2.05) is 36.5 Å². The minimum atomic E-state index is -0.604. The van der Waals surface area contributed by atoms with Crippen molar-refractivity contribution in [2.45, 2.75) is 32.3 Å². The molecule has 1 atom stereocenters. The molecule has 110 valence electrons. The number of aliphatic hydroxyl groups is 1. The summed E-state index contributed by atoms with van der Waals surface area (Å²) < 4.78 is 0. The van der Waals surface area contributed by atoms with Crippen LogP contribution in [0.3, 0.4) is 0 Å². The number of aliphatic hydroxyl groups excluding tert-OH is 1. The number of piperidine rings is 1. The average molecular weight is 282 g/mol. The summed E-state index contributed by atoms with van der Waals surface area (Å²) in [6, 6.07) is 11.8. The van der Waals surface area contributed by atoms with Gasteiger partial charge in [-0.3, -0.25) is 0 Å². The standard InChI is InChI=1S/C18H22N2O/c1-14-12-16(17(21)15-8-4-2-5-9-15)13-19-18(14)20-10-6-3-7-11-20/h2,4-5,8-9,12-13,17,21H,3,6-7,10-11H2,1H3/t17-/m0/s1. The first-order valence-electron chi connectivity index (χ1n) is 7.70. The lowest BCUT2D eigenvalue weighted by molar-refractivity contribution is 0.220. The maximum atomic E-state index is 10.5. The van der Waals surface area contributed by atoms with Gasteiger partial charge in [-0.1, -0.05) is 30.3 Å². The van der Waals surface area contributed by atoms with Gasteiger partial charge in [0.05, 0.1) is 0 Å². The Labute approximate surface area is 126 Å². The van der Waals surface area contributed by atoms with Crippen LogP contribution in [0.2, 0.25) is 0 Å². The maximum absolute atomic E-state index is 10.5. The fourth-order valence-corrected chi connectivity index (χ4v) is 3.00. The fourth-order valence-electron chi connectivity index (χ4n) is 3.00. The van der Waals surface area contributed by atoms with Crippen molar-refractivity contribution < 1.29 is 5.11 Å². The Morgan fingerprint density at radius 1 is 1.05 bits per heavy atom. The van der Waals surface area contributed by atoms with Crippen LogP contribution in [0, 0.1) is 6.92 Å². The first-order chi connectivity index (χ1) is 10.3. The Bertz CT molecular complexity index is 591. The monoisotopic (exact) mass is 282 g/mol. The van der Waals surface area contributed by atoms with Crippen molar-refractivity contribution in [1.82, 2.24) is 4.98 Å². The molecule has 0 radical (unpaired) electrons. The first-order valence-corrected chi connectivity index (χ1v) is 7.70. The molecule has 2 aromatic rings. The maximum Gasteiger partial charge on any atom is 0.131 e. The number of rotatable bonds is 3. The molecular formula is C18H22N2O. The summed E-state index contributed by atoms with van der Waals surface area (Å²) in [5, 5.41) is 10.5. The smallest absolute Gasteiger partial charge is 0.131 e. The molecule has 0 amide bonds. The van der Waals surface area contributed by atoms with Crippen LogP contribution in [0.25, 0.3) is 0 Å². The van der Waals surface area contributed by atoms with Crippen molar-refractivity contribution in [2.75, 3.05) is 18.0 Å². The van der Waals surface area contributed by atoms with Gasteiger partial charge in [-0.15, -0.1) is 0 Å². The first kappa shape index (κ1) is 14.1. The predicted molar refractivity (Wildman–Crippen MR) is 85.5 cm³/mol.